The second-order valence-electron chi connectivity index (χ2n) is 7.87. The Balaban J connectivity index is 1.55. The largest absolute Gasteiger partial charge is 0.462 e. The van der Waals surface area contributed by atoms with E-state index in [1.165, 1.54) is 6.42 Å². The Morgan fingerprint density at radius 1 is 1.34 bits per heavy atom. The third-order valence-corrected chi connectivity index (χ3v) is 6.96. The molecule has 0 radical (unpaired) electrons. The predicted octanol–water partition coefficient (Wildman–Crippen LogP) is 4.25. The zero-order chi connectivity index (χ0) is 20.7. The Hall–Kier alpha value is -1.79. The van der Waals surface area contributed by atoms with E-state index in [0.29, 0.717) is 30.9 Å². The molecule has 1 saturated carbocycles. The van der Waals surface area contributed by atoms with E-state index in [0.717, 1.165) is 37.7 Å². The topological polar surface area (TPSA) is 66.8 Å². The highest BCUT2D eigenvalue weighted by atomic mass is 32.2. The highest BCUT2D eigenvalue weighted by molar-refractivity contribution is 8.01. The van der Waals surface area contributed by atoms with E-state index in [1.807, 2.05) is 29.2 Å². The fourth-order valence-corrected chi connectivity index (χ4v) is 5.21. The van der Waals surface area contributed by atoms with Crippen LogP contribution in [-0.4, -0.2) is 51.8 Å². The smallest absolute Gasteiger partial charge is 0.338 e. The van der Waals surface area contributed by atoms with E-state index in [9.17, 15) is 14.7 Å². The minimum absolute atomic E-state index is 0.110. The minimum Gasteiger partial charge on any atom is -0.462 e. The van der Waals surface area contributed by atoms with Crippen LogP contribution in [0.25, 0.3) is 6.08 Å². The second kappa shape index (κ2) is 10.3. The molecule has 158 valence electrons. The average molecular weight is 418 g/mol. The summed E-state index contributed by atoms with van der Waals surface area (Å²) in [5, 5.41) is 10.9. The summed E-state index contributed by atoms with van der Waals surface area (Å²) < 4.78 is 5.05. The van der Waals surface area contributed by atoms with Gasteiger partial charge in [-0.1, -0.05) is 43.5 Å². The van der Waals surface area contributed by atoms with Crippen molar-refractivity contribution >= 4 is 29.7 Å². The van der Waals surface area contributed by atoms with Crippen LogP contribution in [0.1, 0.15) is 67.8 Å². The molecule has 0 spiro atoms. The second-order valence-corrected chi connectivity index (χ2v) is 9.04. The summed E-state index contributed by atoms with van der Waals surface area (Å²) in [6.45, 7) is 2.77. The van der Waals surface area contributed by atoms with Crippen LogP contribution in [0.15, 0.2) is 30.3 Å². The molecule has 1 saturated heterocycles. The molecule has 1 N–H and O–H groups in total. The standard InChI is InChI=1S/C23H31NO4S/c1-2-28-22(26)19-10-6-8-18(16-19)9-7-11-21-24(20(25)17-29-21)15-14-23(27)12-4-3-5-13-23/h6-10,16,21,27H,2-5,11-15,17H2,1H3/b9-7-. The maximum Gasteiger partial charge on any atom is 0.338 e. The number of esters is 1. The lowest BCUT2D eigenvalue weighted by molar-refractivity contribution is -0.128. The number of ether oxygens (including phenoxy) is 1. The molecule has 2 fully saturated rings. The summed E-state index contributed by atoms with van der Waals surface area (Å²) in [4.78, 5) is 26.1. The van der Waals surface area contributed by atoms with E-state index < -0.39 is 5.60 Å². The molecule has 1 unspecified atom stereocenters. The van der Waals surface area contributed by atoms with Crippen LogP contribution >= 0.6 is 11.8 Å². The van der Waals surface area contributed by atoms with Gasteiger partial charge in [-0.2, -0.15) is 0 Å². The van der Waals surface area contributed by atoms with Gasteiger partial charge >= 0.3 is 5.97 Å². The molecule has 1 aliphatic heterocycles. The fraction of sp³-hybridized carbons (Fsp3) is 0.565. The number of aliphatic hydroxyl groups is 1. The summed E-state index contributed by atoms with van der Waals surface area (Å²) in [5.41, 5.74) is 0.884. The SMILES string of the molecule is CCOC(=O)c1cccc(/C=C\CC2SCC(=O)N2CCC2(O)CCCCC2)c1. The first-order valence-electron chi connectivity index (χ1n) is 10.6. The molecular formula is C23H31NO4S. The van der Waals surface area contributed by atoms with Crippen molar-refractivity contribution in [1.82, 2.24) is 4.90 Å². The first-order valence-corrected chi connectivity index (χ1v) is 11.6. The molecule has 1 atom stereocenters. The van der Waals surface area contributed by atoms with Crippen LogP contribution < -0.4 is 0 Å². The highest BCUT2D eigenvalue weighted by Crippen LogP contribution is 2.34. The molecule has 1 aromatic rings. The summed E-state index contributed by atoms with van der Waals surface area (Å²) in [6, 6.07) is 7.36. The van der Waals surface area contributed by atoms with Gasteiger partial charge in [-0.3, -0.25) is 4.79 Å². The van der Waals surface area contributed by atoms with Gasteiger partial charge in [-0.25, -0.2) is 4.79 Å². The van der Waals surface area contributed by atoms with Crippen LogP contribution in [0.2, 0.25) is 0 Å². The summed E-state index contributed by atoms with van der Waals surface area (Å²) >= 11 is 1.66. The lowest BCUT2D eigenvalue weighted by Crippen LogP contribution is -2.40. The normalized spacial score (nSPS) is 21.7. The van der Waals surface area contributed by atoms with E-state index in [1.54, 1.807) is 24.8 Å². The zero-order valence-corrected chi connectivity index (χ0v) is 18.0. The van der Waals surface area contributed by atoms with E-state index >= 15 is 0 Å². The third kappa shape index (κ3) is 6.09. The van der Waals surface area contributed by atoms with Crippen molar-refractivity contribution in [2.75, 3.05) is 18.9 Å². The Bertz CT molecular complexity index is 742. The first kappa shape index (κ1) is 21.9. The number of nitrogens with zero attached hydrogens (tertiary/aromatic N) is 1. The number of hydrogen-bond donors (Lipinski definition) is 1. The Morgan fingerprint density at radius 2 is 2.14 bits per heavy atom. The summed E-state index contributed by atoms with van der Waals surface area (Å²) in [6.07, 6.45) is 10.5. The molecule has 0 aromatic heterocycles. The highest BCUT2D eigenvalue weighted by Gasteiger charge is 2.34. The minimum atomic E-state index is -0.598. The van der Waals surface area contributed by atoms with E-state index in [2.05, 4.69) is 6.08 Å². The number of rotatable bonds is 8. The van der Waals surface area contributed by atoms with Gasteiger partial charge in [-0.05, 0) is 50.3 Å². The van der Waals surface area contributed by atoms with Crippen LogP contribution in [-0.2, 0) is 9.53 Å². The lowest BCUT2D eigenvalue weighted by atomic mass is 9.82. The van der Waals surface area contributed by atoms with E-state index in [4.69, 9.17) is 4.74 Å². The zero-order valence-electron chi connectivity index (χ0n) is 17.1. The van der Waals surface area contributed by atoms with Crippen molar-refractivity contribution in [3.05, 3.63) is 41.5 Å². The number of carbonyl (C=O) groups is 2. The monoisotopic (exact) mass is 417 g/mol. The Morgan fingerprint density at radius 3 is 2.90 bits per heavy atom. The number of carbonyl (C=O) groups excluding carboxylic acids is 2. The molecule has 5 nitrogen and oxygen atoms in total. The van der Waals surface area contributed by atoms with Gasteiger partial charge in [0.2, 0.25) is 5.91 Å². The van der Waals surface area contributed by atoms with Gasteiger partial charge in [0.15, 0.2) is 0 Å². The molecule has 0 bridgehead atoms. The van der Waals surface area contributed by atoms with Gasteiger partial charge in [0.1, 0.15) is 0 Å². The quantitative estimate of drug-likeness (QED) is 0.641. The molecule has 6 heteroatoms. The number of hydrogen-bond acceptors (Lipinski definition) is 5. The van der Waals surface area contributed by atoms with Crippen LogP contribution in [0.4, 0.5) is 0 Å². The summed E-state index contributed by atoms with van der Waals surface area (Å²) in [7, 11) is 0. The average Bonchev–Trinajstić information content (AvgIpc) is 3.07. The van der Waals surface area contributed by atoms with Gasteiger partial charge in [-0.15, -0.1) is 11.8 Å². The molecule has 3 rings (SSSR count). The molecule has 2 aliphatic rings. The van der Waals surface area contributed by atoms with Crippen molar-refractivity contribution in [3.63, 3.8) is 0 Å². The third-order valence-electron chi connectivity index (χ3n) is 5.72. The van der Waals surface area contributed by atoms with E-state index in [-0.39, 0.29) is 17.3 Å². The molecule has 1 amide bonds. The van der Waals surface area contributed by atoms with Crippen LogP contribution in [0.3, 0.4) is 0 Å². The summed E-state index contributed by atoms with van der Waals surface area (Å²) in [5.74, 6) is 0.360. The Kier molecular flexibility index (Phi) is 7.78. The van der Waals surface area contributed by atoms with Crippen molar-refractivity contribution < 1.29 is 19.4 Å². The maximum absolute atomic E-state index is 12.3. The number of thioether (sulfide) groups is 1. The van der Waals surface area contributed by atoms with Gasteiger partial charge in [0.05, 0.1) is 28.9 Å². The number of amides is 1. The molecule has 1 heterocycles. The van der Waals surface area contributed by atoms with Crippen molar-refractivity contribution in [1.29, 1.82) is 0 Å². The lowest BCUT2D eigenvalue weighted by Gasteiger charge is -2.34. The molecular weight excluding hydrogens is 386 g/mol. The van der Waals surface area contributed by atoms with Crippen molar-refractivity contribution in [3.8, 4) is 0 Å². The van der Waals surface area contributed by atoms with Gasteiger partial charge in [0, 0.05) is 6.54 Å². The first-order chi connectivity index (χ1) is 14.0. The van der Waals surface area contributed by atoms with Crippen LogP contribution in [0, 0.1) is 0 Å². The van der Waals surface area contributed by atoms with Crippen molar-refractivity contribution in [2.24, 2.45) is 0 Å². The molecule has 1 aliphatic carbocycles. The van der Waals surface area contributed by atoms with Crippen LogP contribution in [0.5, 0.6) is 0 Å². The number of benzene rings is 1. The van der Waals surface area contributed by atoms with Gasteiger partial charge < -0.3 is 14.7 Å². The maximum atomic E-state index is 12.3. The fourth-order valence-electron chi connectivity index (χ4n) is 4.06. The van der Waals surface area contributed by atoms with Crippen molar-refractivity contribution in [2.45, 2.75) is 62.8 Å². The molecule has 1 aromatic carbocycles. The van der Waals surface area contributed by atoms with Gasteiger partial charge in [0.25, 0.3) is 0 Å². The Labute approximate surface area is 177 Å². The molecule has 29 heavy (non-hydrogen) atoms. The predicted molar refractivity (Wildman–Crippen MR) is 117 cm³/mol.